The van der Waals surface area contributed by atoms with Crippen LogP contribution >= 0.6 is 12.4 Å². The van der Waals surface area contributed by atoms with Gasteiger partial charge in [0.15, 0.2) is 0 Å². The molecule has 0 aliphatic heterocycles. The monoisotopic (exact) mass is 186 g/mol. The van der Waals surface area contributed by atoms with Gasteiger partial charge in [0.05, 0.1) is 6.10 Å². The summed E-state index contributed by atoms with van der Waals surface area (Å²) in [7, 11) is 0. The number of hydrogen-bond donors (Lipinski definition) is 0. The van der Waals surface area contributed by atoms with Crippen LogP contribution in [0.2, 0.25) is 0 Å². The van der Waals surface area contributed by atoms with E-state index in [0.29, 0.717) is 0 Å². The summed E-state index contributed by atoms with van der Waals surface area (Å²) < 4.78 is 5.43. The molecular formula is C10H15ClO. The molecule has 0 aliphatic rings. The topological polar surface area (TPSA) is 9.23 Å². The normalized spacial score (nSPS) is 11.8. The highest BCUT2D eigenvalue weighted by Gasteiger charge is 2.01. The molecule has 1 atom stereocenters. The molecule has 0 aliphatic carbocycles. The summed E-state index contributed by atoms with van der Waals surface area (Å²) >= 11 is 0. The zero-order chi connectivity index (χ0) is 8.10. The fourth-order valence-corrected chi connectivity index (χ4v) is 1.07. The first-order valence-electron chi connectivity index (χ1n) is 4.01. The third-order valence-corrected chi connectivity index (χ3v) is 1.69. The molecule has 1 rings (SSSR count). The molecule has 12 heavy (non-hydrogen) atoms. The lowest BCUT2D eigenvalue weighted by Crippen LogP contribution is -1.98. The van der Waals surface area contributed by atoms with Crippen molar-refractivity contribution in [2.75, 3.05) is 6.61 Å². The Morgan fingerprint density at radius 1 is 1.25 bits per heavy atom. The number of ether oxygens (including phenoxy) is 1. The SMILES string of the molecule is CCOC(C)c1ccccc1.Cl. The molecule has 0 spiro atoms. The average Bonchev–Trinajstić information content (AvgIpc) is 2.07. The minimum atomic E-state index is 0. The molecular weight excluding hydrogens is 172 g/mol. The van der Waals surface area contributed by atoms with Gasteiger partial charge in [0.25, 0.3) is 0 Å². The van der Waals surface area contributed by atoms with Gasteiger partial charge in [-0.15, -0.1) is 12.4 Å². The highest BCUT2D eigenvalue weighted by Crippen LogP contribution is 2.14. The van der Waals surface area contributed by atoms with E-state index in [9.17, 15) is 0 Å². The molecule has 1 nitrogen and oxygen atoms in total. The molecule has 1 unspecified atom stereocenters. The molecule has 0 N–H and O–H groups in total. The van der Waals surface area contributed by atoms with Gasteiger partial charge in [-0.3, -0.25) is 0 Å². The van der Waals surface area contributed by atoms with E-state index >= 15 is 0 Å². The van der Waals surface area contributed by atoms with E-state index in [0.717, 1.165) is 6.61 Å². The van der Waals surface area contributed by atoms with Gasteiger partial charge in [-0.1, -0.05) is 30.3 Å². The maximum Gasteiger partial charge on any atom is 0.0796 e. The Morgan fingerprint density at radius 3 is 2.33 bits per heavy atom. The molecule has 68 valence electrons. The summed E-state index contributed by atoms with van der Waals surface area (Å²) in [5.74, 6) is 0. The largest absolute Gasteiger partial charge is 0.374 e. The van der Waals surface area contributed by atoms with Crippen LogP contribution in [0, 0.1) is 0 Å². The highest BCUT2D eigenvalue weighted by molar-refractivity contribution is 5.85. The van der Waals surface area contributed by atoms with Gasteiger partial charge in [0, 0.05) is 6.61 Å². The molecule has 0 saturated heterocycles. The first-order chi connectivity index (χ1) is 5.34. The Hall–Kier alpha value is -0.530. The van der Waals surface area contributed by atoms with Gasteiger partial charge < -0.3 is 4.74 Å². The van der Waals surface area contributed by atoms with Crippen LogP contribution in [0.5, 0.6) is 0 Å². The van der Waals surface area contributed by atoms with E-state index in [4.69, 9.17) is 4.74 Å². The lowest BCUT2D eigenvalue weighted by atomic mass is 10.1. The minimum absolute atomic E-state index is 0. The molecule has 0 fully saturated rings. The molecule has 1 aromatic rings. The van der Waals surface area contributed by atoms with Crippen molar-refractivity contribution in [2.45, 2.75) is 20.0 Å². The maximum atomic E-state index is 5.43. The van der Waals surface area contributed by atoms with Crippen LogP contribution in [0.15, 0.2) is 30.3 Å². The quantitative estimate of drug-likeness (QED) is 0.705. The third-order valence-electron chi connectivity index (χ3n) is 1.69. The third kappa shape index (κ3) is 3.24. The van der Waals surface area contributed by atoms with Crippen LogP contribution in [0.25, 0.3) is 0 Å². The smallest absolute Gasteiger partial charge is 0.0796 e. The van der Waals surface area contributed by atoms with E-state index in [2.05, 4.69) is 19.1 Å². The first kappa shape index (κ1) is 11.5. The van der Waals surface area contributed by atoms with Crippen molar-refractivity contribution in [3.63, 3.8) is 0 Å². The van der Waals surface area contributed by atoms with Crippen molar-refractivity contribution in [3.8, 4) is 0 Å². The van der Waals surface area contributed by atoms with E-state index in [1.807, 2.05) is 25.1 Å². The summed E-state index contributed by atoms with van der Waals surface area (Å²) in [6.07, 6.45) is 0.223. The van der Waals surface area contributed by atoms with E-state index < -0.39 is 0 Å². The summed E-state index contributed by atoms with van der Waals surface area (Å²) in [5.41, 5.74) is 1.24. The van der Waals surface area contributed by atoms with Crippen LogP contribution in [0.3, 0.4) is 0 Å². The molecule has 0 amide bonds. The number of benzene rings is 1. The van der Waals surface area contributed by atoms with Crippen LogP contribution in [0.4, 0.5) is 0 Å². The second kappa shape index (κ2) is 6.04. The van der Waals surface area contributed by atoms with Gasteiger partial charge in [0.1, 0.15) is 0 Å². The van der Waals surface area contributed by atoms with Crippen molar-refractivity contribution >= 4 is 12.4 Å². The van der Waals surface area contributed by atoms with Crippen molar-refractivity contribution in [2.24, 2.45) is 0 Å². The molecule has 0 bridgehead atoms. The highest BCUT2D eigenvalue weighted by atomic mass is 35.5. The Bertz CT molecular complexity index is 198. The summed E-state index contributed by atoms with van der Waals surface area (Å²) in [6.45, 7) is 4.86. The summed E-state index contributed by atoms with van der Waals surface area (Å²) in [4.78, 5) is 0. The van der Waals surface area contributed by atoms with Crippen molar-refractivity contribution in [1.29, 1.82) is 0 Å². The van der Waals surface area contributed by atoms with Gasteiger partial charge in [-0.05, 0) is 19.4 Å². The standard InChI is InChI=1S/C10H14O.ClH/c1-3-11-9(2)10-7-5-4-6-8-10;/h4-9H,3H2,1-2H3;1H. The minimum Gasteiger partial charge on any atom is -0.374 e. The van der Waals surface area contributed by atoms with Gasteiger partial charge in [-0.2, -0.15) is 0 Å². The molecule has 0 radical (unpaired) electrons. The summed E-state index contributed by atoms with van der Waals surface area (Å²) in [5, 5.41) is 0. The molecule has 0 heterocycles. The van der Waals surface area contributed by atoms with Crippen LogP contribution in [-0.4, -0.2) is 6.61 Å². The van der Waals surface area contributed by atoms with E-state index in [-0.39, 0.29) is 18.5 Å². The van der Waals surface area contributed by atoms with Gasteiger partial charge in [-0.25, -0.2) is 0 Å². The first-order valence-corrected chi connectivity index (χ1v) is 4.01. The zero-order valence-corrected chi connectivity index (χ0v) is 8.30. The lowest BCUT2D eigenvalue weighted by Gasteiger charge is -2.10. The van der Waals surface area contributed by atoms with Crippen LogP contribution in [0.1, 0.15) is 25.5 Å². The zero-order valence-electron chi connectivity index (χ0n) is 7.49. The average molecular weight is 187 g/mol. The van der Waals surface area contributed by atoms with Crippen molar-refractivity contribution in [3.05, 3.63) is 35.9 Å². The fraction of sp³-hybridized carbons (Fsp3) is 0.400. The summed E-state index contributed by atoms with van der Waals surface area (Å²) in [6, 6.07) is 10.2. The maximum absolute atomic E-state index is 5.43. The molecule has 0 aromatic heterocycles. The van der Waals surface area contributed by atoms with Crippen LogP contribution < -0.4 is 0 Å². The molecule has 1 aromatic carbocycles. The van der Waals surface area contributed by atoms with Crippen molar-refractivity contribution in [1.82, 2.24) is 0 Å². The number of rotatable bonds is 3. The van der Waals surface area contributed by atoms with Crippen molar-refractivity contribution < 1.29 is 4.74 Å². The second-order valence-corrected chi connectivity index (χ2v) is 2.51. The number of hydrogen-bond acceptors (Lipinski definition) is 1. The molecule has 2 heteroatoms. The fourth-order valence-electron chi connectivity index (χ4n) is 1.07. The molecule has 0 saturated carbocycles. The van der Waals surface area contributed by atoms with E-state index in [1.54, 1.807) is 0 Å². The second-order valence-electron chi connectivity index (χ2n) is 2.51. The van der Waals surface area contributed by atoms with Gasteiger partial charge in [0.2, 0.25) is 0 Å². The Morgan fingerprint density at radius 2 is 1.83 bits per heavy atom. The van der Waals surface area contributed by atoms with Gasteiger partial charge >= 0.3 is 0 Å². The lowest BCUT2D eigenvalue weighted by molar-refractivity contribution is 0.0764. The van der Waals surface area contributed by atoms with Crippen LogP contribution in [-0.2, 0) is 4.74 Å². The predicted molar refractivity (Wildman–Crippen MR) is 53.7 cm³/mol. The Kier molecular flexibility index (Phi) is 5.77. The Balaban J connectivity index is 0.00000121. The Labute approximate surface area is 80.2 Å². The van der Waals surface area contributed by atoms with E-state index in [1.165, 1.54) is 5.56 Å². The predicted octanol–water partition coefficient (Wildman–Crippen LogP) is 3.21. The number of halogens is 1.